The van der Waals surface area contributed by atoms with Crippen molar-refractivity contribution < 1.29 is 28.3 Å². The zero-order chi connectivity index (χ0) is 30.5. The van der Waals surface area contributed by atoms with Crippen LogP contribution in [0.4, 0.5) is 15.5 Å². The van der Waals surface area contributed by atoms with Crippen LogP contribution in [0.5, 0.6) is 0 Å². The van der Waals surface area contributed by atoms with Gasteiger partial charge in [0.2, 0.25) is 20.2 Å². The Balaban J connectivity index is 1.43. The van der Waals surface area contributed by atoms with E-state index in [1.807, 2.05) is 55.5 Å². The molecule has 0 unspecified atom stereocenters. The first-order chi connectivity index (χ1) is 20.6. The van der Waals surface area contributed by atoms with Crippen LogP contribution in [0.3, 0.4) is 0 Å². The van der Waals surface area contributed by atoms with Gasteiger partial charge in [-0.2, -0.15) is 0 Å². The molecule has 0 aromatic heterocycles. The van der Waals surface area contributed by atoms with Crippen LogP contribution in [-0.4, -0.2) is 81.1 Å². The van der Waals surface area contributed by atoms with Crippen LogP contribution >= 0.6 is 0 Å². The van der Waals surface area contributed by atoms with Gasteiger partial charge >= 0.3 is 0 Å². The van der Waals surface area contributed by atoms with Gasteiger partial charge < -0.3 is 34.0 Å². The Morgan fingerprint density at radius 1 is 1.16 bits per heavy atom. The Labute approximate surface area is 253 Å². The number of benzene rings is 2. The highest BCUT2D eigenvalue weighted by Gasteiger charge is 2.67. The molecule has 4 aliphatic heterocycles. The van der Waals surface area contributed by atoms with Crippen LogP contribution in [-0.2, 0) is 31.3 Å². The molecule has 0 saturated carbocycles. The highest BCUT2D eigenvalue weighted by molar-refractivity contribution is 6.72. The number of carbonyl (C=O) groups excluding carboxylic acids is 3. The summed E-state index contributed by atoms with van der Waals surface area (Å²) in [5.41, 5.74) is 0.798. The molecule has 9 nitrogen and oxygen atoms in total. The number of likely N-dealkylation sites (tertiary alicyclic amines) is 1. The fourth-order valence-electron chi connectivity index (χ4n) is 7.85. The molecule has 0 bridgehead atoms. The number of anilines is 2. The van der Waals surface area contributed by atoms with Crippen molar-refractivity contribution in [3.05, 3.63) is 59.7 Å². The SMILES string of the molecule is C[C@H]1[C@H]([Si](C)(C)F)[C@@H](CC(=O)N2CCC[C@H]2CO)O[C@]12C(=O)N(Cc1ccccc1)c1ccc(N3CCNCC3=O)cc12. The molecule has 1 spiro atoms. The van der Waals surface area contributed by atoms with Crippen molar-refractivity contribution in [3.63, 3.8) is 0 Å². The number of nitrogens with one attached hydrogen (secondary N) is 1. The number of ether oxygens (including phenoxy) is 1. The predicted molar refractivity (Wildman–Crippen MR) is 164 cm³/mol. The summed E-state index contributed by atoms with van der Waals surface area (Å²) in [7, 11) is -3.47. The Morgan fingerprint density at radius 2 is 1.93 bits per heavy atom. The lowest BCUT2D eigenvalue weighted by Crippen LogP contribution is -2.48. The third-order valence-corrected chi connectivity index (χ3v) is 12.3. The molecule has 2 N–H and O–H groups in total. The second-order valence-corrected chi connectivity index (χ2v) is 16.6. The molecule has 5 atom stereocenters. The summed E-state index contributed by atoms with van der Waals surface area (Å²) >= 11 is 0. The summed E-state index contributed by atoms with van der Waals surface area (Å²) in [4.78, 5) is 46.2. The van der Waals surface area contributed by atoms with Crippen molar-refractivity contribution in [1.82, 2.24) is 10.2 Å². The van der Waals surface area contributed by atoms with Gasteiger partial charge in [-0.1, -0.05) is 37.3 Å². The van der Waals surface area contributed by atoms with E-state index in [0.717, 1.165) is 18.4 Å². The molecule has 2 aromatic rings. The molecule has 0 aliphatic carbocycles. The maximum Gasteiger partial charge on any atom is 0.264 e. The zero-order valence-electron chi connectivity index (χ0n) is 25.1. The summed E-state index contributed by atoms with van der Waals surface area (Å²) in [6, 6.07) is 15.0. The minimum Gasteiger partial charge on any atom is -0.394 e. The van der Waals surface area contributed by atoms with E-state index in [1.54, 1.807) is 27.8 Å². The van der Waals surface area contributed by atoms with Crippen LogP contribution in [0.2, 0.25) is 18.6 Å². The van der Waals surface area contributed by atoms with Gasteiger partial charge in [0, 0.05) is 42.3 Å². The van der Waals surface area contributed by atoms with Gasteiger partial charge in [0.1, 0.15) is 0 Å². The van der Waals surface area contributed by atoms with E-state index in [1.165, 1.54) is 0 Å². The smallest absolute Gasteiger partial charge is 0.264 e. The third kappa shape index (κ3) is 5.09. The van der Waals surface area contributed by atoms with Crippen molar-refractivity contribution in [2.75, 3.05) is 42.6 Å². The number of aliphatic hydroxyl groups is 1. The fourth-order valence-corrected chi connectivity index (χ4v) is 10.3. The summed E-state index contributed by atoms with van der Waals surface area (Å²) in [5.74, 6) is -1.06. The standard InChI is InChI=1S/C32H41FN4O5Si/c1-21-30(43(2,3)33)27(17-28(39)35-14-7-10-24(35)20-38)42-32(21)25-16-23(36-15-13-34-18-29(36)40)11-12-26(25)37(31(32)41)19-22-8-5-4-6-9-22/h4-6,8-9,11-12,16,21,24,27,30,34,38H,7,10,13-15,17-20H2,1-3H3/t21-,24-,27+,30-,32+/m0/s1. The van der Waals surface area contributed by atoms with Crippen molar-refractivity contribution in [3.8, 4) is 0 Å². The first kappa shape index (κ1) is 29.9. The molecule has 11 heteroatoms. The second kappa shape index (κ2) is 11.4. The summed E-state index contributed by atoms with van der Waals surface area (Å²) < 4.78 is 23.1. The summed E-state index contributed by atoms with van der Waals surface area (Å²) in [6.45, 7) is 7.25. The van der Waals surface area contributed by atoms with E-state index in [0.29, 0.717) is 43.1 Å². The number of rotatable bonds is 7. The van der Waals surface area contributed by atoms with E-state index < -0.39 is 31.6 Å². The molecular formula is C32H41FN4O5Si. The molecule has 4 aliphatic rings. The third-order valence-electron chi connectivity index (χ3n) is 9.81. The largest absolute Gasteiger partial charge is 0.394 e. The van der Waals surface area contributed by atoms with Crippen LogP contribution in [0.1, 0.15) is 37.3 Å². The second-order valence-electron chi connectivity index (χ2n) is 12.8. The number of hydrogen-bond acceptors (Lipinski definition) is 6. The van der Waals surface area contributed by atoms with Gasteiger partial charge in [0.05, 0.1) is 44.0 Å². The monoisotopic (exact) mass is 608 g/mol. The zero-order valence-corrected chi connectivity index (χ0v) is 26.1. The van der Waals surface area contributed by atoms with Crippen LogP contribution in [0.15, 0.2) is 48.5 Å². The van der Waals surface area contributed by atoms with Crippen molar-refractivity contribution in [1.29, 1.82) is 0 Å². The van der Waals surface area contributed by atoms with E-state index >= 15 is 4.11 Å². The number of hydrogen-bond donors (Lipinski definition) is 2. The average molecular weight is 609 g/mol. The van der Waals surface area contributed by atoms with Gasteiger partial charge in [-0.25, -0.2) is 0 Å². The van der Waals surface area contributed by atoms with Crippen LogP contribution in [0.25, 0.3) is 0 Å². The molecule has 3 amide bonds. The lowest BCUT2D eigenvalue weighted by molar-refractivity contribution is -0.150. The number of piperazine rings is 1. The van der Waals surface area contributed by atoms with Crippen molar-refractivity contribution in [2.24, 2.45) is 5.92 Å². The van der Waals surface area contributed by atoms with Crippen LogP contribution in [0, 0.1) is 5.92 Å². The number of amides is 3. The lowest BCUT2D eigenvalue weighted by Gasteiger charge is -2.32. The van der Waals surface area contributed by atoms with Gasteiger partial charge in [-0.3, -0.25) is 14.4 Å². The summed E-state index contributed by atoms with van der Waals surface area (Å²) in [5, 5.41) is 12.9. The molecule has 3 fully saturated rings. The normalized spacial score (nSPS) is 29.2. The topological polar surface area (TPSA) is 102 Å². The van der Waals surface area contributed by atoms with Gasteiger partial charge in [-0.15, -0.1) is 0 Å². The molecule has 4 heterocycles. The highest BCUT2D eigenvalue weighted by atomic mass is 28.4. The van der Waals surface area contributed by atoms with Crippen molar-refractivity contribution >= 4 is 37.5 Å². The van der Waals surface area contributed by atoms with Crippen LogP contribution < -0.4 is 15.1 Å². The maximum absolute atomic E-state index is 16.3. The average Bonchev–Trinajstić information content (AvgIpc) is 3.64. The summed E-state index contributed by atoms with van der Waals surface area (Å²) in [6.07, 6.45) is 0.690. The minimum absolute atomic E-state index is 0.0507. The molecule has 2 aromatic carbocycles. The molecule has 6 rings (SSSR count). The number of nitrogens with zero attached hydrogens (tertiary/aromatic N) is 3. The van der Waals surface area contributed by atoms with E-state index in [-0.39, 0.29) is 43.3 Å². The first-order valence-corrected chi connectivity index (χ1v) is 18.3. The van der Waals surface area contributed by atoms with Crippen molar-refractivity contribution in [2.45, 2.75) is 69.1 Å². The molecular weight excluding hydrogens is 567 g/mol. The number of halogens is 1. The van der Waals surface area contributed by atoms with Gasteiger partial charge in [0.15, 0.2) is 5.60 Å². The number of carbonyl (C=O) groups is 3. The minimum atomic E-state index is -3.47. The Morgan fingerprint density at radius 3 is 2.63 bits per heavy atom. The maximum atomic E-state index is 16.3. The van der Waals surface area contributed by atoms with Gasteiger partial charge in [-0.05, 0) is 49.7 Å². The Kier molecular flexibility index (Phi) is 7.95. The van der Waals surface area contributed by atoms with E-state index in [2.05, 4.69) is 5.32 Å². The lowest BCUT2D eigenvalue weighted by atomic mass is 9.82. The van der Waals surface area contributed by atoms with E-state index in [9.17, 15) is 19.5 Å². The molecule has 43 heavy (non-hydrogen) atoms. The highest BCUT2D eigenvalue weighted by Crippen LogP contribution is 2.60. The van der Waals surface area contributed by atoms with Gasteiger partial charge in [0.25, 0.3) is 5.91 Å². The quantitative estimate of drug-likeness (QED) is 0.370. The molecule has 3 saturated heterocycles. The first-order valence-electron chi connectivity index (χ1n) is 15.3. The Hall–Kier alpha value is -3.12. The molecule has 0 radical (unpaired) electrons. The van der Waals surface area contributed by atoms with E-state index in [4.69, 9.17) is 4.74 Å². The molecule has 230 valence electrons. The Bertz CT molecular complexity index is 1400. The predicted octanol–water partition coefficient (Wildman–Crippen LogP) is 3.32. The number of fused-ring (bicyclic) bond motifs is 2. The number of aliphatic hydroxyl groups excluding tert-OH is 1. The fraction of sp³-hybridized carbons (Fsp3) is 0.531.